The summed E-state index contributed by atoms with van der Waals surface area (Å²) in [6.45, 7) is 4.33. The Morgan fingerprint density at radius 3 is 2.36 bits per heavy atom. The van der Waals surface area contributed by atoms with Crippen molar-refractivity contribution in [1.29, 1.82) is 0 Å². The van der Waals surface area contributed by atoms with E-state index in [1.165, 1.54) is 30.4 Å². The van der Waals surface area contributed by atoms with Gasteiger partial charge in [0.2, 0.25) is 0 Å². The molecule has 3 bridgehead atoms. The lowest BCUT2D eigenvalue weighted by atomic mass is 9.55. The first-order valence-electron chi connectivity index (χ1n) is 10.0. The van der Waals surface area contributed by atoms with Crippen molar-refractivity contribution in [3.05, 3.63) is 77.9 Å². The average Bonchev–Trinajstić information content (AvgIpc) is 2.97. The summed E-state index contributed by atoms with van der Waals surface area (Å²) >= 11 is 0. The molecule has 126 valence electrons. The molecule has 5 unspecified atom stereocenters. The fourth-order valence-electron chi connectivity index (χ4n) is 7.53. The van der Waals surface area contributed by atoms with Crippen LogP contribution in [0.1, 0.15) is 55.2 Å². The van der Waals surface area contributed by atoms with Crippen LogP contribution in [-0.2, 0) is 5.41 Å². The van der Waals surface area contributed by atoms with E-state index in [2.05, 4.69) is 61.2 Å². The number of benzene rings is 2. The molecular formula is C25H26. The molecule has 2 aromatic rings. The summed E-state index contributed by atoms with van der Waals surface area (Å²) in [6, 6.07) is 20.1. The van der Waals surface area contributed by atoms with Gasteiger partial charge in [-0.15, -0.1) is 0 Å². The molecule has 25 heavy (non-hydrogen) atoms. The van der Waals surface area contributed by atoms with E-state index in [1.807, 2.05) is 0 Å². The molecule has 4 aliphatic carbocycles. The molecule has 1 spiro atoms. The minimum Gasteiger partial charge on any atom is -0.0906 e. The van der Waals surface area contributed by atoms with Crippen molar-refractivity contribution in [2.45, 2.75) is 43.9 Å². The number of fused-ring (bicyclic) bond motifs is 2. The van der Waals surface area contributed by atoms with Crippen molar-refractivity contribution in [2.75, 3.05) is 0 Å². The summed E-state index contributed by atoms with van der Waals surface area (Å²) in [5, 5.41) is 0. The molecule has 0 radical (unpaired) electrons. The third kappa shape index (κ3) is 1.78. The highest BCUT2D eigenvalue weighted by molar-refractivity contribution is 5.78. The molecule has 0 heteroatoms. The molecule has 6 rings (SSSR count). The van der Waals surface area contributed by atoms with Crippen molar-refractivity contribution in [1.82, 2.24) is 0 Å². The Morgan fingerprint density at radius 2 is 1.56 bits per heavy atom. The van der Waals surface area contributed by atoms with Crippen LogP contribution in [0.4, 0.5) is 0 Å². The van der Waals surface area contributed by atoms with Crippen LogP contribution >= 0.6 is 0 Å². The molecule has 0 N–H and O–H groups in total. The average molecular weight is 326 g/mol. The van der Waals surface area contributed by atoms with E-state index >= 15 is 0 Å². The van der Waals surface area contributed by atoms with Crippen molar-refractivity contribution in [3.63, 3.8) is 0 Å². The second kappa shape index (κ2) is 4.67. The van der Waals surface area contributed by atoms with Crippen LogP contribution in [0.5, 0.6) is 0 Å². The molecule has 2 aromatic carbocycles. The maximum atomic E-state index is 4.33. The third-order valence-corrected chi connectivity index (χ3v) is 8.43. The lowest BCUT2D eigenvalue weighted by Crippen LogP contribution is -2.42. The van der Waals surface area contributed by atoms with Gasteiger partial charge in [-0.1, -0.05) is 61.2 Å². The van der Waals surface area contributed by atoms with Crippen molar-refractivity contribution in [3.8, 4) is 0 Å². The van der Waals surface area contributed by atoms with E-state index in [-0.39, 0.29) is 0 Å². The summed E-state index contributed by atoms with van der Waals surface area (Å²) in [7, 11) is 0. The van der Waals surface area contributed by atoms with Crippen LogP contribution in [0.25, 0.3) is 5.57 Å². The lowest BCUT2D eigenvalue weighted by Gasteiger charge is -2.49. The normalized spacial score (nSPS) is 39.9. The molecule has 0 nitrogen and oxygen atoms in total. The van der Waals surface area contributed by atoms with E-state index in [0.29, 0.717) is 5.41 Å². The Morgan fingerprint density at radius 1 is 0.800 bits per heavy atom. The van der Waals surface area contributed by atoms with Crippen LogP contribution < -0.4 is 0 Å². The van der Waals surface area contributed by atoms with Crippen LogP contribution in [-0.4, -0.2) is 0 Å². The molecule has 4 saturated carbocycles. The van der Waals surface area contributed by atoms with Crippen LogP contribution in [0.3, 0.4) is 0 Å². The fourth-order valence-corrected chi connectivity index (χ4v) is 7.53. The van der Waals surface area contributed by atoms with Crippen molar-refractivity contribution < 1.29 is 0 Å². The molecule has 0 amide bonds. The molecule has 4 fully saturated rings. The lowest BCUT2D eigenvalue weighted by molar-refractivity contribution is -0.000160. The quantitative estimate of drug-likeness (QED) is 0.628. The van der Waals surface area contributed by atoms with Gasteiger partial charge in [0.15, 0.2) is 0 Å². The second-order valence-electron chi connectivity index (χ2n) is 9.46. The van der Waals surface area contributed by atoms with Crippen LogP contribution in [0.15, 0.2) is 61.2 Å². The number of rotatable bonds is 3. The van der Waals surface area contributed by atoms with Gasteiger partial charge in [-0.25, -0.2) is 0 Å². The van der Waals surface area contributed by atoms with E-state index in [0.717, 1.165) is 28.7 Å². The first kappa shape index (κ1) is 14.4. The van der Waals surface area contributed by atoms with E-state index in [4.69, 9.17) is 0 Å². The topological polar surface area (TPSA) is 0 Å². The highest BCUT2D eigenvalue weighted by Gasteiger charge is 2.70. The summed E-state index contributed by atoms with van der Waals surface area (Å²) in [5.41, 5.74) is 6.53. The highest BCUT2D eigenvalue weighted by Crippen LogP contribution is 2.78. The van der Waals surface area contributed by atoms with Crippen LogP contribution in [0.2, 0.25) is 0 Å². The number of hydrogen-bond donors (Lipinski definition) is 0. The predicted octanol–water partition coefficient (Wildman–Crippen LogP) is 6.22. The Balaban J connectivity index is 1.33. The predicted molar refractivity (Wildman–Crippen MR) is 103 cm³/mol. The summed E-state index contributed by atoms with van der Waals surface area (Å²) in [4.78, 5) is 0. The van der Waals surface area contributed by atoms with Gasteiger partial charge in [0.05, 0.1) is 0 Å². The standard InChI is InChI=1S/C25H26/c1-17(19-5-3-2-4-6-19)20-7-9-21(10-8-20)24-13-18-11-22-12-23(15-24)25(22,14-18)16-24/h2-10,18,22-23H,1,11-16H2. The zero-order valence-corrected chi connectivity index (χ0v) is 14.9. The largest absolute Gasteiger partial charge is 0.0906 e. The molecule has 4 aliphatic rings. The first-order valence-corrected chi connectivity index (χ1v) is 10.0. The van der Waals surface area contributed by atoms with E-state index in [1.54, 1.807) is 24.8 Å². The molecule has 0 aliphatic heterocycles. The van der Waals surface area contributed by atoms with Gasteiger partial charge in [-0.3, -0.25) is 0 Å². The minimum atomic E-state index is 0.505. The van der Waals surface area contributed by atoms with Gasteiger partial charge >= 0.3 is 0 Å². The smallest absolute Gasteiger partial charge is 0.00360 e. The Hall–Kier alpha value is -1.82. The van der Waals surface area contributed by atoms with Gasteiger partial charge in [-0.2, -0.15) is 0 Å². The maximum absolute atomic E-state index is 4.33. The van der Waals surface area contributed by atoms with Gasteiger partial charge < -0.3 is 0 Å². The Labute approximate surface area is 151 Å². The zero-order chi connectivity index (χ0) is 16.6. The molecule has 0 aromatic heterocycles. The second-order valence-corrected chi connectivity index (χ2v) is 9.46. The third-order valence-electron chi connectivity index (χ3n) is 8.43. The maximum Gasteiger partial charge on any atom is -0.00360 e. The SMILES string of the molecule is C=C(c1ccccc1)c1ccc(C23CC4CC5CC(C2)C5(C4)C3)cc1. The summed E-state index contributed by atoms with van der Waals surface area (Å²) in [5.74, 6) is 3.15. The molecule has 0 heterocycles. The van der Waals surface area contributed by atoms with Crippen LogP contribution in [0, 0.1) is 23.2 Å². The number of hydrogen-bond acceptors (Lipinski definition) is 0. The summed E-state index contributed by atoms with van der Waals surface area (Å²) in [6.07, 6.45) is 9.07. The Kier molecular flexibility index (Phi) is 2.68. The Bertz CT molecular complexity index is 841. The van der Waals surface area contributed by atoms with Gasteiger partial charge in [0.25, 0.3) is 0 Å². The first-order chi connectivity index (χ1) is 12.2. The van der Waals surface area contributed by atoms with Gasteiger partial charge in [-0.05, 0) is 89.4 Å². The minimum absolute atomic E-state index is 0.505. The summed E-state index contributed by atoms with van der Waals surface area (Å²) < 4.78 is 0. The monoisotopic (exact) mass is 326 g/mol. The molecule has 0 saturated heterocycles. The zero-order valence-electron chi connectivity index (χ0n) is 14.9. The fraction of sp³-hybridized carbons (Fsp3) is 0.440. The highest BCUT2D eigenvalue weighted by atomic mass is 14.7. The van der Waals surface area contributed by atoms with Crippen molar-refractivity contribution >= 4 is 5.57 Å². The van der Waals surface area contributed by atoms with Crippen molar-refractivity contribution in [2.24, 2.45) is 23.2 Å². The van der Waals surface area contributed by atoms with Gasteiger partial charge in [0, 0.05) is 0 Å². The van der Waals surface area contributed by atoms with E-state index < -0.39 is 0 Å². The van der Waals surface area contributed by atoms with Gasteiger partial charge in [0.1, 0.15) is 0 Å². The molecular weight excluding hydrogens is 300 g/mol. The van der Waals surface area contributed by atoms with E-state index in [9.17, 15) is 0 Å². The molecule has 5 atom stereocenters.